The van der Waals surface area contributed by atoms with Gasteiger partial charge in [0.2, 0.25) is 17.7 Å². The molecule has 1 atom stereocenters. The summed E-state index contributed by atoms with van der Waals surface area (Å²) in [4.78, 5) is 56.1. The van der Waals surface area contributed by atoms with Gasteiger partial charge in [0.25, 0.3) is 5.56 Å². The highest BCUT2D eigenvalue weighted by Crippen LogP contribution is 2.23. The quantitative estimate of drug-likeness (QED) is 0.587. The second kappa shape index (κ2) is 8.56. The number of hydrogen-bond donors (Lipinski definition) is 3. The van der Waals surface area contributed by atoms with E-state index in [2.05, 4.69) is 20.5 Å². The fourth-order valence-electron chi connectivity index (χ4n) is 4.23. The number of nitrogens with two attached hydrogens (primary N) is 1. The monoisotopic (exact) mass is 426 g/mol. The van der Waals surface area contributed by atoms with Crippen LogP contribution < -0.4 is 21.9 Å². The molecule has 4 N–H and O–H groups in total. The number of fused-ring (bicyclic) bond motifs is 1. The van der Waals surface area contributed by atoms with Crippen LogP contribution in [0.5, 0.6) is 0 Å². The predicted octanol–water partition coefficient (Wildman–Crippen LogP) is 0.0442. The number of anilines is 1. The number of carbonyl (C=O) groups excluding carboxylic acids is 3. The molecule has 1 unspecified atom stereocenters. The van der Waals surface area contributed by atoms with Crippen LogP contribution in [0.3, 0.4) is 0 Å². The Bertz CT molecular complexity index is 1100. The molecule has 0 aliphatic carbocycles. The van der Waals surface area contributed by atoms with Crippen molar-refractivity contribution in [2.45, 2.75) is 44.7 Å². The third kappa shape index (κ3) is 4.35. The van der Waals surface area contributed by atoms with Gasteiger partial charge in [-0.3, -0.25) is 34.0 Å². The maximum Gasteiger partial charge on any atom is 0.262 e. The van der Waals surface area contributed by atoms with Crippen LogP contribution in [0.4, 0.5) is 5.69 Å². The van der Waals surface area contributed by atoms with Crippen LogP contribution in [0.25, 0.3) is 10.9 Å². The lowest BCUT2D eigenvalue weighted by Gasteiger charge is -2.29. The summed E-state index contributed by atoms with van der Waals surface area (Å²) in [7, 11) is 0. The van der Waals surface area contributed by atoms with Crippen molar-refractivity contribution in [3.05, 3.63) is 34.4 Å². The lowest BCUT2D eigenvalue weighted by Crippen LogP contribution is -2.45. The van der Waals surface area contributed by atoms with Crippen molar-refractivity contribution in [3.63, 3.8) is 0 Å². The van der Waals surface area contributed by atoms with Gasteiger partial charge in [0.15, 0.2) is 0 Å². The third-order valence-corrected chi connectivity index (χ3v) is 5.90. The second-order valence-corrected chi connectivity index (χ2v) is 8.16. The van der Waals surface area contributed by atoms with Gasteiger partial charge in [0, 0.05) is 25.6 Å². The van der Waals surface area contributed by atoms with E-state index in [9.17, 15) is 19.2 Å². The summed E-state index contributed by atoms with van der Waals surface area (Å²) in [5.41, 5.74) is 6.37. The molecule has 2 aromatic rings. The maximum atomic E-state index is 13.2. The predicted molar refractivity (Wildman–Crippen MR) is 114 cm³/mol. The number of likely N-dealkylation sites (tertiary alicyclic amines) is 1. The molecule has 2 saturated heterocycles. The van der Waals surface area contributed by atoms with Gasteiger partial charge in [0.1, 0.15) is 17.4 Å². The summed E-state index contributed by atoms with van der Waals surface area (Å²) in [6.07, 6.45) is 2.14. The number of hydrogen-bond acceptors (Lipinski definition) is 7. The van der Waals surface area contributed by atoms with E-state index in [4.69, 9.17) is 5.73 Å². The number of benzene rings is 1. The van der Waals surface area contributed by atoms with E-state index in [0.29, 0.717) is 22.4 Å². The largest absolute Gasteiger partial charge is 0.328 e. The van der Waals surface area contributed by atoms with E-state index in [0.717, 1.165) is 25.9 Å². The van der Waals surface area contributed by atoms with Crippen molar-refractivity contribution in [2.75, 3.05) is 25.0 Å². The minimum atomic E-state index is -0.786. The van der Waals surface area contributed by atoms with Crippen molar-refractivity contribution in [1.29, 1.82) is 0 Å². The molecule has 164 valence electrons. The number of para-hydroxylation sites is 1. The molecule has 0 spiro atoms. The smallest absolute Gasteiger partial charge is 0.262 e. The fraction of sp³-hybridized carbons (Fsp3) is 0.476. The molecule has 4 rings (SSSR count). The number of nitrogens with zero attached hydrogens (tertiary/aromatic N) is 3. The van der Waals surface area contributed by atoms with E-state index >= 15 is 0 Å². The Labute approximate surface area is 178 Å². The molecule has 2 fully saturated rings. The van der Waals surface area contributed by atoms with Crippen molar-refractivity contribution in [1.82, 2.24) is 19.8 Å². The van der Waals surface area contributed by atoms with Crippen LogP contribution in [-0.4, -0.2) is 57.8 Å². The molecule has 31 heavy (non-hydrogen) atoms. The highest BCUT2D eigenvalue weighted by molar-refractivity contribution is 6.01. The third-order valence-electron chi connectivity index (χ3n) is 5.90. The van der Waals surface area contributed by atoms with Gasteiger partial charge in [-0.15, -0.1) is 0 Å². The molecule has 0 radical (unpaired) electrons. The highest BCUT2D eigenvalue weighted by Gasteiger charge is 2.30. The number of nitrogens with one attached hydrogen (secondary N) is 2. The lowest BCUT2D eigenvalue weighted by atomic mass is 10.1. The van der Waals surface area contributed by atoms with Crippen molar-refractivity contribution < 1.29 is 14.4 Å². The van der Waals surface area contributed by atoms with Gasteiger partial charge in [-0.2, -0.15) is 0 Å². The Hall–Kier alpha value is -3.11. The van der Waals surface area contributed by atoms with Gasteiger partial charge in [-0.25, -0.2) is 4.98 Å². The summed E-state index contributed by atoms with van der Waals surface area (Å²) < 4.78 is 1.33. The number of aryl methyl sites for hydroxylation is 1. The molecule has 2 aliphatic heterocycles. The molecular formula is C21H26N6O4. The number of amides is 3. The number of carbonyl (C=O) groups is 3. The standard InChI is InChI=1S/C21H26N6O4/c1-12-23-19-14(21(31)27(12)16-5-6-17(28)25-20(16)30)3-2-4-15(19)24-18(29)11-26-9-7-13(22)8-10-26/h2-4,13,16H,5-11,22H2,1H3,(H,24,29)(H,25,28,30). The first-order chi connectivity index (χ1) is 14.8. The van der Waals surface area contributed by atoms with Gasteiger partial charge in [0.05, 0.1) is 17.6 Å². The van der Waals surface area contributed by atoms with Crippen LogP contribution in [-0.2, 0) is 14.4 Å². The zero-order valence-corrected chi connectivity index (χ0v) is 17.4. The summed E-state index contributed by atoms with van der Waals surface area (Å²) in [5.74, 6) is -0.690. The molecule has 3 amide bonds. The zero-order chi connectivity index (χ0) is 22.1. The summed E-state index contributed by atoms with van der Waals surface area (Å²) >= 11 is 0. The lowest BCUT2D eigenvalue weighted by molar-refractivity contribution is -0.135. The van der Waals surface area contributed by atoms with E-state index in [1.165, 1.54) is 4.57 Å². The molecule has 10 nitrogen and oxygen atoms in total. The van der Waals surface area contributed by atoms with Crippen molar-refractivity contribution in [3.8, 4) is 0 Å². The van der Waals surface area contributed by atoms with E-state index in [1.807, 2.05) is 0 Å². The molecule has 3 heterocycles. The topological polar surface area (TPSA) is 139 Å². The van der Waals surface area contributed by atoms with Crippen LogP contribution >= 0.6 is 0 Å². The molecule has 2 aliphatic rings. The molecule has 1 aromatic carbocycles. The fourth-order valence-corrected chi connectivity index (χ4v) is 4.23. The highest BCUT2D eigenvalue weighted by atomic mass is 16.2. The Kier molecular flexibility index (Phi) is 5.84. The van der Waals surface area contributed by atoms with Crippen LogP contribution in [0.1, 0.15) is 37.5 Å². The zero-order valence-electron chi connectivity index (χ0n) is 17.4. The minimum Gasteiger partial charge on any atom is -0.328 e. The number of piperidine rings is 2. The van der Waals surface area contributed by atoms with Gasteiger partial charge in [-0.1, -0.05) is 6.07 Å². The summed E-state index contributed by atoms with van der Waals surface area (Å²) in [6.45, 7) is 3.44. The molecule has 1 aromatic heterocycles. The summed E-state index contributed by atoms with van der Waals surface area (Å²) in [5, 5.41) is 5.44. The number of rotatable bonds is 4. The molecule has 10 heteroatoms. The average molecular weight is 426 g/mol. The molecule has 0 saturated carbocycles. The second-order valence-electron chi connectivity index (χ2n) is 8.16. The van der Waals surface area contributed by atoms with Crippen molar-refractivity contribution >= 4 is 34.3 Å². The van der Waals surface area contributed by atoms with Crippen LogP contribution in [0.15, 0.2) is 23.0 Å². The van der Waals surface area contributed by atoms with Gasteiger partial charge < -0.3 is 11.1 Å². The van der Waals surface area contributed by atoms with Crippen LogP contribution in [0.2, 0.25) is 0 Å². The molecule has 0 bridgehead atoms. The number of imide groups is 1. The first kappa shape index (κ1) is 21.1. The molecular weight excluding hydrogens is 400 g/mol. The normalized spacial score (nSPS) is 20.6. The SMILES string of the molecule is Cc1nc2c(NC(=O)CN3CCC(N)CC3)cccc2c(=O)n1C1CCC(=O)NC1=O. The van der Waals surface area contributed by atoms with Gasteiger partial charge >= 0.3 is 0 Å². The Morgan fingerprint density at radius 1 is 1.23 bits per heavy atom. The summed E-state index contributed by atoms with van der Waals surface area (Å²) in [6, 6.07) is 4.40. The first-order valence-electron chi connectivity index (χ1n) is 10.5. The average Bonchev–Trinajstić information content (AvgIpc) is 2.72. The van der Waals surface area contributed by atoms with E-state index < -0.39 is 11.9 Å². The Morgan fingerprint density at radius 2 is 1.97 bits per heavy atom. The van der Waals surface area contributed by atoms with Crippen molar-refractivity contribution in [2.24, 2.45) is 5.73 Å². The Balaban J connectivity index is 1.60. The van der Waals surface area contributed by atoms with E-state index in [-0.39, 0.29) is 42.8 Å². The Morgan fingerprint density at radius 3 is 2.68 bits per heavy atom. The number of aromatic nitrogens is 2. The maximum absolute atomic E-state index is 13.2. The van der Waals surface area contributed by atoms with Crippen LogP contribution in [0, 0.1) is 6.92 Å². The first-order valence-corrected chi connectivity index (χ1v) is 10.5. The van der Waals surface area contributed by atoms with Gasteiger partial charge in [-0.05, 0) is 38.3 Å². The minimum absolute atomic E-state index is 0.165. The van der Waals surface area contributed by atoms with E-state index in [1.54, 1.807) is 25.1 Å².